The highest BCUT2D eigenvalue weighted by Gasteiger charge is 2.65. The molecule has 4 aliphatic rings. The zero-order valence-electron chi connectivity index (χ0n) is 23.7. The van der Waals surface area contributed by atoms with Crippen molar-refractivity contribution in [2.45, 2.75) is 110 Å². The highest BCUT2D eigenvalue weighted by atomic mass is 32.2. The van der Waals surface area contributed by atoms with Gasteiger partial charge in [0, 0.05) is 12.5 Å². The smallest absolute Gasteiger partial charge is 0.266 e. The number of rotatable bonds is 9. The number of nitrogens with one attached hydrogen (secondary N) is 1. The minimum atomic E-state index is -4.09. The van der Waals surface area contributed by atoms with Crippen molar-refractivity contribution < 1.29 is 33.1 Å². The molecule has 0 aliphatic heterocycles. The van der Waals surface area contributed by atoms with E-state index in [0.29, 0.717) is 36.0 Å². The Morgan fingerprint density at radius 1 is 1.00 bits per heavy atom. The average molecular weight is 558 g/mol. The van der Waals surface area contributed by atoms with Crippen LogP contribution in [0.25, 0.3) is 0 Å². The summed E-state index contributed by atoms with van der Waals surface area (Å²) in [6.45, 7) is 8.65. The van der Waals surface area contributed by atoms with Crippen LogP contribution in [0.4, 0.5) is 0 Å². The highest BCUT2D eigenvalue weighted by Crippen LogP contribution is 2.68. The van der Waals surface area contributed by atoms with Crippen molar-refractivity contribution in [2.75, 3.05) is 12.3 Å². The van der Waals surface area contributed by atoms with Gasteiger partial charge in [-0.25, -0.2) is 0 Å². The molecule has 4 rings (SSSR count). The van der Waals surface area contributed by atoms with Gasteiger partial charge in [-0.05, 0) is 97.7 Å². The normalized spacial score (nSPS) is 44.4. The van der Waals surface area contributed by atoms with Gasteiger partial charge in [0.25, 0.3) is 10.1 Å². The Labute approximate surface area is 229 Å². The zero-order valence-corrected chi connectivity index (χ0v) is 24.5. The quantitative estimate of drug-likeness (QED) is 0.273. The van der Waals surface area contributed by atoms with Crippen molar-refractivity contribution in [3.05, 3.63) is 0 Å². The van der Waals surface area contributed by atoms with E-state index in [2.05, 4.69) is 26.1 Å². The summed E-state index contributed by atoms with van der Waals surface area (Å²) in [6.07, 6.45) is 7.66. The van der Waals surface area contributed by atoms with Gasteiger partial charge in [-0.15, -0.1) is 0 Å². The maximum Gasteiger partial charge on any atom is 0.266 e. The fourth-order valence-corrected chi connectivity index (χ4v) is 10.0. The first kappa shape index (κ1) is 30.2. The molecule has 1 amide bonds. The lowest BCUT2D eigenvalue weighted by atomic mass is 9.43. The Hall–Kier alpha value is -0.740. The Bertz CT molecular complexity index is 959. The van der Waals surface area contributed by atoms with Gasteiger partial charge in [-0.2, -0.15) is 8.42 Å². The summed E-state index contributed by atoms with van der Waals surface area (Å²) in [6, 6.07) is 0. The number of hydrogen-bond donors (Lipinski definition) is 5. The van der Waals surface area contributed by atoms with Gasteiger partial charge in [0.2, 0.25) is 5.91 Å². The number of carbonyl (C=O) groups excluding carboxylic acids is 1. The summed E-state index contributed by atoms with van der Waals surface area (Å²) in [5.74, 6) is 0.971. The predicted octanol–water partition coefficient (Wildman–Crippen LogP) is 3.39. The molecule has 12 atom stereocenters. The summed E-state index contributed by atoms with van der Waals surface area (Å²) in [5.41, 5.74) is -0.148. The molecule has 0 aromatic rings. The van der Waals surface area contributed by atoms with Crippen molar-refractivity contribution >= 4 is 16.0 Å². The second-order valence-corrected chi connectivity index (χ2v) is 15.5. The number of carbonyl (C=O) groups is 1. The fourth-order valence-electron chi connectivity index (χ4n) is 9.69. The predicted molar refractivity (Wildman–Crippen MR) is 146 cm³/mol. The van der Waals surface area contributed by atoms with Crippen LogP contribution in [0.3, 0.4) is 0 Å². The topological polar surface area (TPSA) is 144 Å². The van der Waals surface area contributed by atoms with E-state index in [0.717, 1.165) is 57.8 Å². The van der Waals surface area contributed by atoms with Crippen LogP contribution >= 0.6 is 0 Å². The van der Waals surface area contributed by atoms with E-state index >= 15 is 0 Å². The third-order valence-electron chi connectivity index (χ3n) is 11.9. The molecule has 0 aromatic carbocycles. The zero-order chi connectivity index (χ0) is 28.0. The molecular formula is C29H51NO7S. The van der Waals surface area contributed by atoms with Crippen LogP contribution in [-0.4, -0.2) is 64.8 Å². The van der Waals surface area contributed by atoms with Crippen LogP contribution in [0.2, 0.25) is 0 Å². The average Bonchev–Trinajstić information content (AvgIpc) is 3.18. The van der Waals surface area contributed by atoms with E-state index in [4.69, 9.17) is 4.55 Å². The van der Waals surface area contributed by atoms with Gasteiger partial charge in [-0.3, -0.25) is 9.35 Å². The molecule has 0 saturated heterocycles. The standard InChI is InChI=1S/C29H51NO7S/c1-17(6-5-7-18(2)27(34)30-12-13-38(35,36)37)21-8-9-22-26-23(16-25(33)29(21,22)4)28(3)11-10-20(31)14-19(28)15-24(26)32/h17-26,31-33H,5-16H2,1-4H3,(H,30,34)(H,35,36,37)/t17-,18-,19+,20-,21?,22?,23?,24-,25+,26?,28+,29-/m1/s1. The lowest BCUT2D eigenvalue weighted by Gasteiger charge is -2.63. The third kappa shape index (κ3) is 5.69. The van der Waals surface area contributed by atoms with Crippen molar-refractivity contribution in [3.63, 3.8) is 0 Å². The summed E-state index contributed by atoms with van der Waals surface area (Å²) < 4.78 is 30.5. The molecule has 4 fully saturated rings. The summed E-state index contributed by atoms with van der Waals surface area (Å²) in [7, 11) is -4.09. The van der Waals surface area contributed by atoms with E-state index in [1.807, 2.05) is 6.92 Å². The number of amides is 1. The van der Waals surface area contributed by atoms with Crippen LogP contribution in [0.5, 0.6) is 0 Å². The van der Waals surface area contributed by atoms with Gasteiger partial charge < -0.3 is 20.6 Å². The Morgan fingerprint density at radius 2 is 1.71 bits per heavy atom. The molecule has 5 N–H and O–H groups in total. The van der Waals surface area contributed by atoms with Crippen LogP contribution < -0.4 is 5.32 Å². The van der Waals surface area contributed by atoms with E-state index in [1.54, 1.807) is 0 Å². The van der Waals surface area contributed by atoms with Crippen molar-refractivity contribution in [1.82, 2.24) is 5.32 Å². The first-order valence-electron chi connectivity index (χ1n) is 15.0. The second-order valence-electron chi connectivity index (χ2n) is 13.9. The first-order chi connectivity index (χ1) is 17.7. The first-order valence-corrected chi connectivity index (χ1v) is 16.6. The number of fused-ring (bicyclic) bond motifs is 5. The maximum atomic E-state index is 12.3. The lowest BCUT2D eigenvalue weighted by molar-refractivity contribution is -0.207. The monoisotopic (exact) mass is 557 g/mol. The molecule has 4 saturated carbocycles. The Kier molecular flexibility index (Phi) is 8.96. The van der Waals surface area contributed by atoms with Crippen LogP contribution in [0, 0.1) is 52.3 Å². The third-order valence-corrected chi connectivity index (χ3v) is 12.6. The highest BCUT2D eigenvalue weighted by molar-refractivity contribution is 7.85. The van der Waals surface area contributed by atoms with Crippen molar-refractivity contribution in [1.29, 1.82) is 0 Å². The molecule has 0 radical (unpaired) electrons. The molecule has 0 aromatic heterocycles. The number of aliphatic hydroxyl groups excluding tert-OH is 3. The largest absolute Gasteiger partial charge is 0.393 e. The second kappa shape index (κ2) is 11.3. The molecule has 4 unspecified atom stereocenters. The minimum absolute atomic E-state index is 0.0766. The van der Waals surface area contributed by atoms with Crippen molar-refractivity contribution in [2.24, 2.45) is 52.3 Å². The Morgan fingerprint density at radius 3 is 2.39 bits per heavy atom. The van der Waals surface area contributed by atoms with Crippen LogP contribution in [0.15, 0.2) is 0 Å². The van der Waals surface area contributed by atoms with Gasteiger partial charge in [0.05, 0.1) is 24.1 Å². The summed E-state index contributed by atoms with van der Waals surface area (Å²) in [4.78, 5) is 12.3. The van der Waals surface area contributed by atoms with E-state index in [-0.39, 0.29) is 47.3 Å². The van der Waals surface area contributed by atoms with E-state index in [1.165, 1.54) is 0 Å². The maximum absolute atomic E-state index is 12.3. The summed E-state index contributed by atoms with van der Waals surface area (Å²) >= 11 is 0. The number of hydrogen-bond acceptors (Lipinski definition) is 6. The fraction of sp³-hybridized carbons (Fsp3) is 0.966. The van der Waals surface area contributed by atoms with Crippen molar-refractivity contribution in [3.8, 4) is 0 Å². The molecular weight excluding hydrogens is 506 g/mol. The molecule has 9 heteroatoms. The SMILES string of the molecule is C[C@H](CCC[C@@H](C)C1CCC2C3C(C[C@H](O)[C@@]21C)[C@@]1(C)CC[C@@H](O)C[C@H]1C[C@H]3O)C(=O)NCCS(=O)(=O)O. The van der Waals surface area contributed by atoms with E-state index in [9.17, 15) is 28.5 Å². The number of aliphatic hydroxyl groups is 3. The molecule has 4 aliphatic carbocycles. The van der Waals surface area contributed by atoms with Gasteiger partial charge in [-0.1, -0.05) is 40.5 Å². The van der Waals surface area contributed by atoms with Crippen LogP contribution in [-0.2, 0) is 14.9 Å². The van der Waals surface area contributed by atoms with Gasteiger partial charge in [0.1, 0.15) is 0 Å². The lowest BCUT2D eigenvalue weighted by Crippen LogP contribution is -2.62. The Balaban J connectivity index is 1.36. The molecule has 220 valence electrons. The molecule has 38 heavy (non-hydrogen) atoms. The minimum Gasteiger partial charge on any atom is -0.393 e. The molecule has 8 nitrogen and oxygen atoms in total. The summed E-state index contributed by atoms with van der Waals surface area (Å²) in [5, 5.41) is 36.0. The van der Waals surface area contributed by atoms with E-state index < -0.39 is 22.0 Å². The molecule has 0 spiro atoms. The molecule has 0 heterocycles. The van der Waals surface area contributed by atoms with Gasteiger partial charge in [0.15, 0.2) is 0 Å². The molecule has 0 bridgehead atoms. The van der Waals surface area contributed by atoms with Crippen LogP contribution in [0.1, 0.15) is 91.9 Å². The van der Waals surface area contributed by atoms with Gasteiger partial charge >= 0.3 is 0 Å².